The van der Waals surface area contributed by atoms with Gasteiger partial charge in [0.2, 0.25) is 5.95 Å². The fourth-order valence-electron chi connectivity index (χ4n) is 2.54. The fourth-order valence-corrected chi connectivity index (χ4v) is 2.54. The largest absolute Gasteiger partial charge is 0.433 e. The van der Waals surface area contributed by atoms with Crippen LogP contribution in [0.15, 0.2) is 12.3 Å². The van der Waals surface area contributed by atoms with Gasteiger partial charge in [-0.15, -0.1) is 0 Å². The van der Waals surface area contributed by atoms with Gasteiger partial charge in [-0.2, -0.15) is 13.2 Å². The molecule has 2 saturated heterocycles. The maximum Gasteiger partial charge on any atom is 0.433 e. The summed E-state index contributed by atoms with van der Waals surface area (Å²) in [6, 6.07) is 0.884. The summed E-state index contributed by atoms with van der Waals surface area (Å²) >= 11 is 0. The molecule has 2 aliphatic rings. The number of alkyl halides is 3. The highest BCUT2D eigenvalue weighted by Crippen LogP contribution is 2.35. The Morgan fingerprint density at radius 2 is 2.17 bits per heavy atom. The molecule has 3 atom stereocenters. The molecule has 18 heavy (non-hydrogen) atoms. The number of nitrogens with one attached hydrogen (secondary N) is 1. The number of ether oxygens (including phenoxy) is 1. The van der Waals surface area contributed by atoms with Crippen molar-refractivity contribution >= 4 is 5.95 Å². The zero-order chi connectivity index (χ0) is 12.8. The summed E-state index contributed by atoms with van der Waals surface area (Å²) in [6.45, 7) is 0. The predicted octanol–water partition coefficient (Wildman–Crippen LogP) is 2.23. The molecule has 0 aromatic carbocycles. The molecule has 7 heteroatoms. The molecular formula is C11H12F3N3O. The quantitative estimate of drug-likeness (QED) is 0.884. The van der Waals surface area contributed by atoms with Crippen LogP contribution in [0.4, 0.5) is 19.1 Å². The first kappa shape index (κ1) is 11.7. The van der Waals surface area contributed by atoms with Gasteiger partial charge in [0.05, 0.1) is 18.2 Å². The van der Waals surface area contributed by atoms with Crippen molar-refractivity contribution in [2.45, 2.75) is 43.7 Å². The second-order valence-corrected chi connectivity index (χ2v) is 4.62. The lowest BCUT2D eigenvalue weighted by atomic mass is 9.96. The summed E-state index contributed by atoms with van der Waals surface area (Å²) in [5.74, 6) is 0.0194. The van der Waals surface area contributed by atoms with Gasteiger partial charge in [-0.25, -0.2) is 9.97 Å². The molecule has 1 aromatic rings. The number of nitrogens with zero attached hydrogens (tertiary/aromatic N) is 2. The van der Waals surface area contributed by atoms with Crippen molar-refractivity contribution in [3.8, 4) is 0 Å². The van der Waals surface area contributed by atoms with E-state index in [1.165, 1.54) is 0 Å². The molecule has 0 amide bonds. The van der Waals surface area contributed by atoms with Gasteiger partial charge in [-0.1, -0.05) is 0 Å². The van der Waals surface area contributed by atoms with Gasteiger partial charge < -0.3 is 10.1 Å². The highest BCUT2D eigenvalue weighted by Gasteiger charge is 2.41. The number of anilines is 1. The van der Waals surface area contributed by atoms with Gasteiger partial charge in [0, 0.05) is 6.20 Å². The van der Waals surface area contributed by atoms with E-state index in [2.05, 4.69) is 15.3 Å². The van der Waals surface area contributed by atoms with E-state index >= 15 is 0 Å². The van der Waals surface area contributed by atoms with E-state index in [0.717, 1.165) is 31.5 Å². The summed E-state index contributed by atoms with van der Waals surface area (Å²) in [4.78, 5) is 7.31. The molecule has 3 unspecified atom stereocenters. The Bertz CT molecular complexity index is 451. The van der Waals surface area contributed by atoms with E-state index in [1.807, 2.05) is 0 Å². The molecule has 4 nitrogen and oxygen atoms in total. The highest BCUT2D eigenvalue weighted by molar-refractivity contribution is 5.29. The molecule has 0 saturated carbocycles. The first-order chi connectivity index (χ1) is 8.52. The number of hydrogen-bond acceptors (Lipinski definition) is 4. The van der Waals surface area contributed by atoms with Crippen LogP contribution in [0, 0.1) is 0 Å². The van der Waals surface area contributed by atoms with E-state index < -0.39 is 11.9 Å². The lowest BCUT2D eigenvalue weighted by Crippen LogP contribution is -2.31. The third-order valence-electron chi connectivity index (χ3n) is 3.37. The van der Waals surface area contributed by atoms with Crippen LogP contribution in [0.5, 0.6) is 0 Å². The topological polar surface area (TPSA) is 47.0 Å². The third kappa shape index (κ3) is 2.14. The van der Waals surface area contributed by atoms with Crippen molar-refractivity contribution in [3.63, 3.8) is 0 Å². The lowest BCUT2D eigenvalue weighted by molar-refractivity contribution is -0.141. The van der Waals surface area contributed by atoms with Crippen LogP contribution in [0.2, 0.25) is 0 Å². The number of aromatic nitrogens is 2. The maximum absolute atomic E-state index is 12.5. The van der Waals surface area contributed by atoms with Gasteiger partial charge in [-0.05, 0) is 25.3 Å². The molecule has 2 aliphatic heterocycles. The van der Waals surface area contributed by atoms with E-state index in [9.17, 15) is 13.2 Å². The summed E-state index contributed by atoms with van der Waals surface area (Å²) in [6.07, 6.45) is -0.222. The Labute approximate surface area is 102 Å². The molecule has 2 fully saturated rings. The zero-order valence-electron chi connectivity index (χ0n) is 9.44. The summed E-state index contributed by atoms with van der Waals surface area (Å²) in [5, 5.41) is 2.94. The Hall–Kier alpha value is -1.37. The lowest BCUT2D eigenvalue weighted by Gasteiger charge is -2.20. The average molecular weight is 259 g/mol. The summed E-state index contributed by atoms with van der Waals surface area (Å²) < 4.78 is 43.1. The van der Waals surface area contributed by atoms with Gasteiger partial charge in [0.25, 0.3) is 0 Å². The van der Waals surface area contributed by atoms with Crippen LogP contribution < -0.4 is 5.32 Å². The number of hydrogen-bond donors (Lipinski definition) is 1. The van der Waals surface area contributed by atoms with Crippen LogP contribution in [0.3, 0.4) is 0 Å². The second-order valence-electron chi connectivity index (χ2n) is 4.62. The molecule has 2 bridgehead atoms. The standard InChI is InChI=1S/C11H12F3N3O/c12-11(13,14)9-3-4-15-10(17-9)16-7-5-6-1-2-8(7)18-6/h3-4,6-8H,1-2,5H2,(H,15,16,17). The van der Waals surface area contributed by atoms with Crippen LogP contribution in [-0.2, 0) is 10.9 Å². The van der Waals surface area contributed by atoms with Gasteiger partial charge in [-0.3, -0.25) is 0 Å². The number of rotatable bonds is 2. The summed E-state index contributed by atoms with van der Waals surface area (Å²) in [5.41, 5.74) is -0.927. The number of fused-ring (bicyclic) bond motifs is 2. The average Bonchev–Trinajstić information content (AvgIpc) is 2.90. The molecule has 3 heterocycles. The second kappa shape index (κ2) is 4.08. The Morgan fingerprint density at radius 3 is 2.78 bits per heavy atom. The van der Waals surface area contributed by atoms with Crippen molar-refractivity contribution in [2.75, 3.05) is 5.32 Å². The first-order valence-electron chi connectivity index (χ1n) is 5.84. The van der Waals surface area contributed by atoms with E-state index in [-0.39, 0.29) is 24.2 Å². The smallest absolute Gasteiger partial charge is 0.373 e. The zero-order valence-corrected chi connectivity index (χ0v) is 9.44. The molecule has 0 radical (unpaired) electrons. The van der Waals surface area contributed by atoms with Crippen molar-refractivity contribution < 1.29 is 17.9 Å². The van der Waals surface area contributed by atoms with E-state index in [1.54, 1.807) is 0 Å². The Kier molecular flexibility index (Phi) is 2.65. The summed E-state index contributed by atoms with van der Waals surface area (Å²) in [7, 11) is 0. The molecule has 3 rings (SSSR count). The molecule has 0 spiro atoms. The molecule has 1 N–H and O–H groups in total. The van der Waals surface area contributed by atoms with Crippen LogP contribution in [0.1, 0.15) is 25.0 Å². The van der Waals surface area contributed by atoms with E-state index in [4.69, 9.17) is 4.74 Å². The van der Waals surface area contributed by atoms with Gasteiger partial charge in [0.1, 0.15) is 5.69 Å². The van der Waals surface area contributed by atoms with Gasteiger partial charge in [0.15, 0.2) is 0 Å². The van der Waals surface area contributed by atoms with Crippen molar-refractivity contribution in [2.24, 2.45) is 0 Å². The number of halogens is 3. The molecule has 98 valence electrons. The van der Waals surface area contributed by atoms with Crippen LogP contribution in [-0.4, -0.2) is 28.2 Å². The van der Waals surface area contributed by atoms with Crippen molar-refractivity contribution in [1.29, 1.82) is 0 Å². The van der Waals surface area contributed by atoms with Crippen molar-refractivity contribution in [1.82, 2.24) is 9.97 Å². The maximum atomic E-state index is 12.5. The third-order valence-corrected chi connectivity index (χ3v) is 3.37. The highest BCUT2D eigenvalue weighted by atomic mass is 19.4. The predicted molar refractivity (Wildman–Crippen MR) is 57.0 cm³/mol. The minimum absolute atomic E-state index is 0.0194. The first-order valence-corrected chi connectivity index (χ1v) is 5.84. The minimum Gasteiger partial charge on any atom is -0.373 e. The van der Waals surface area contributed by atoms with Gasteiger partial charge >= 0.3 is 6.18 Å². The fraction of sp³-hybridized carbons (Fsp3) is 0.636. The molecule has 0 aliphatic carbocycles. The SMILES string of the molecule is FC(F)(F)c1ccnc(NC2CC3CCC2O3)n1. The van der Waals surface area contributed by atoms with Crippen LogP contribution in [0.25, 0.3) is 0 Å². The van der Waals surface area contributed by atoms with E-state index in [0.29, 0.717) is 0 Å². The Morgan fingerprint density at radius 1 is 1.33 bits per heavy atom. The monoisotopic (exact) mass is 259 g/mol. The Balaban J connectivity index is 1.73. The van der Waals surface area contributed by atoms with Crippen LogP contribution >= 0.6 is 0 Å². The normalized spacial score (nSPS) is 30.7. The minimum atomic E-state index is -4.44. The molecular weight excluding hydrogens is 247 g/mol. The van der Waals surface area contributed by atoms with Crippen molar-refractivity contribution in [3.05, 3.63) is 18.0 Å². The molecule has 1 aromatic heterocycles.